The van der Waals surface area contributed by atoms with Crippen LogP contribution in [0.3, 0.4) is 0 Å². The van der Waals surface area contributed by atoms with E-state index in [4.69, 9.17) is 5.84 Å². The Morgan fingerprint density at radius 3 is 2.74 bits per heavy atom. The van der Waals surface area contributed by atoms with Crippen LogP contribution in [0.1, 0.15) is 33.6 Å². The van der Waals surface area contributed by atoms with Crippen molar-refractivity contribution in [1.82, 2.24) is 9.88 Å². The Hall–Kier alpha value is -1.33. The maximum atomic E-state index is 5.35. The lowest BCUT2D eigenvalue weighted by atomic mass is 10.1. The Labute approximate surface area is 116 Å². The summed E-state index contributed by atoms with van der Waals surface area (Å²) in [5, 5.41) is 3.47. The quantitative estimate of drug-likeness (QED) is 0.472. The zero-order valence-electron chi connectivity index (χ0n) is 12.3. The Morgan fingerprint density at radius 1 is 1.37 bits per heavy atom. The minimum Gasteiger partial charge on any atom is -0.382 e. The lowest BCUT2D eigenvalue weighted by molar-refractivity contribution is 0.295. The Morgan fingerprint density at radius 2 is 2.11 bits per heavy atom. The summed E-state index contributed by atoms with van der Waals surface area (Å²) in [6.45, 7) is 10.1. The molecule has 0 amide bonds. The van der Waals surface area contributed by atoms with Gasteiger partial charge in [-0.1, -0.05) is 13.8 Å². The predicted molar refractivity (Wildman–Crippen MR) is 82.2 cm³/mol. The highest BCUT2D eigenvalue weighted by Crippen LogP contribution is 2.13. The van der Waals surface area contributed by atoms with Gasteiger partial charge in [-0.2, -0.15) is 0 Å². The predicted octanol–water partition coefficient (Wildman–Crippen LogP) is 2.29. The van der Waals surface area contributed by atoms with E-state index < -0.39 is 0 Å². The van der Waals surface area contributed by atoms with Crippen LogP contribution in [0, 0.1) is 0 Å². The van der Waals surface area contributed by atoms with Gasteiger partial charge in [0.1, 0.15) is 5.82 Å². The number of pyridine rings is 1. The molecule has 5 heteroatoms. The highest BCUT2D eigenvalue weighted by Gasteiger charge is 2.04. The van der Waals surface area contributed by atoms with Gasteiger partial charge in [0.15, 0.2) is 0 Å². The van der Waals surface area contributed by atoms with Crippen LogP contribution in [-0.4, -0.2) is 35.6 Å². The molecular weight excluding hydrogens is 238 g/mol. The highest BCUT2D eigenvalue weighted by molar-refractivity contribution is 5.51. The van der Waals surface area contributed by atoms with Crippen molar-refractivity contribution in [2.45, 2.75) is 39.7 Å². The number of aromatic nitrogens is 1. The molecule has 19 heavy (non-hydrogen) atoms. The van der Waals surface area contributed by atoms with Crippen molar-refractivity contribution < 1.29 is 0 Å². The summed E-state index contributed by atoms with van der Waals surface area (Å²) in [6, 6.07) is 4.33. The second-order valence-electron chi connectivity index (χ2n) is 4.79. The third-order valence-corrected chi connectivity index (χ3v) is 3.33. The lowest BCUT2D eigenvalue weighted by Crippen LogP contribution is -2.25. The number of nitrogens with one attached hydrogen (secondary N) is 2. The van der Waals surface area contributed by atoms with Crippen molar-refractivity contribution in [3.05, 3.63) is 18.3 Å². The molecule has 1 heterocycles. The largest absolute Gasteiger partial charge is 0.382 e. The van der Waals surface area contributed by atoms with Crippen molar-refractivity contribution >= 4 is 11.5 Å². The van der Waals surface area contributed by atoms with E-state index in [1.165, 1.54) is 13.0 Å². The first-order chi connectivity index (χ1) is 9.19. The zero-order chi connectivity index (χ0) is 14.1. The number of hydrogen-bond donors (Lipinski definition) is 3. The molecule has 0 aliphatic carbocycles. The molecular formula is C14H27N5. The van der Waals surface area contributed by atoms with Crippen molar-refractivity contribution in [3.8, 4) is 0 Å². The third kappa shape index (κ3) is 5.89. The van der Waals surface area contributed by atoms with Crippen LogP contribution in [0.2, 0.25) is 0 Å². The number of anilines is 2. The van der Waals surface area contributed by atoms with Crippen molar-refractivity contribution in [2.75, 3.05) is 30.4 Å². The molecule has 1 rings (SSSR count). The maximum absolute atomic E-state index is 5.35. The van der Waals surface area contributed by atoms with Gasteiger partial charge in [-0.15, -0.1) is 0 Å². The highest BCUT2D eigenvalue weighted by atomic mass is 15.2. The number of nitrogen functional groups attached to an aromatic ring is 1. The molecule has 0 fully saturated rings. The Kier molecular flexibility index (Phi) is 7.22. The van der Waals surface area contributed by atoms with Gasteiger partial charge in [-0.3, -0.25) is 0 Å². The zero-order valence-corrected chi connectivity index (χ0v) is 12.3. The molecule has 0 aliphatic heterocycles. The van der Waals surface area contributed by atoms with E-state index in [9.17, 15) is 0 Å². The number of nitrogens with two attached hydrogens (primary N) is 1. The van der Waals surface area contributed by atoms with E-state index in [1.54, 1.807) is 6.20 Å². The van der Waals surface area contributed by atoms with Gasteiger partial charge >= 0.3 is 0 Å². The van der Waals surface area contributed by atoms with Gasteiger partial charge in [0.05, 0.1) is 0 Å². The molecule has 0 aliphatic rings. The average Bonchev–Trinajstić information content (AvgIpc) is 2.44. The number of hydrogen-bond acceptors (Lipinski definition) is 5. The van der Waals surface area contributed by atoms with E-state index in [1.807, 2.05) is 12.1 Å². The lowest BCUT2D eigenvalue weighted by Gasteiger charge is -2.20. The average molecular weight is 265 g/mol. The molecule has 0 aromatic carbocycles. The van der Waals surface area contributed by atoms with E-state index in [2.05, 4.69) is 41.4 Å². The molecule has 5 nitrogen and oxygen atoms in total. The van der Waals surface area contributed by atoms with Crippen LogP contribution in [0.15, 0.2) is 18.3 Å². The smallest absolute Gasteiger partial charge is 0.141 e. The maximum Gasteiger partial charge on any atom is 0.141 e. The van der Waals surface area contributed by atoms with Gasteiger partial charge in [-0.05, 0) is 45.5 Å². The molecule has 4 N–H and O–H groups in total. The molecule has 108 valence electrons. The number of nitrogens with zero attached hydrogens (tertiary/aromatic N) is 2. The standard InChI is InChI=1S/C14H27N5/c1-4-19(5-2)10-6-7-12(3)17-13-8-9-16-14(11-13)18-15/h8-9,11-12H,4-7,10,15H2,1-3H3,(H2,16,17,18). The summed E-state index contributed by atoms with van der Waals surface area (Å²) < 4.78 is 0. The Balaban J connectivity index is 2.32. The molecule has 0 saturated heterocycles. The molecule has 0 spiro atoms. The van der Waals surface area contributed by atoms with Crippen molar-refractivity contribution in [1.29, 1.82) is 0 Å². The second-order valence-corrected chi connectivity index (χ2v) is 4.79. The summed E-state index contributed by atoms with van der Waals surface area (Å²) in [6.07, 6.45) is 4.12. The summed E-state index contributed by atoms with van der Waals surface area (Å²) in [4.78, 5) is 6.54. The van der Waals surface area contributed by atoms with Crippen LogP contribution in [0.5, 0.6) is 0 Å². The van der Waals surface area contributed by atoms with E-state index >= 15 is 0 Å². The fourth-order valence-electron chi connectivity index (χ4n) is 2.12. The monoisotopic (exact) mass is 265 g/mol. The van der Waals surface area contributed by atoms with Crippen LogP contribution in [0.4, 0.5) is 11.5 Å². The first-order valence-electron chi connectivity index (χ1n) is 7.11. The van der Waals surface area contributed by atoms with Crippen molar-refractivity contribution in [2.24, 2.45) is 5.84 Å². The SMILES string of the molecule is CCN(CC)CCCC(C)Nc1ccnc(NN)c1. The van der Waals surface area contributed by atoms with Gasteiger partial charge in [0, 0.05) is 24.0 Å². The normalized spacial score (nSPS) is 12.5. The van der Waals surface area contributed by atoms with Crippen molar-refractivity contribution in [3.63, 3.8) is 0 Å². The molecule has 1 aromatic rings. The number of hydrazine groups is 1. The first-order valence-corrected chi connectivity index (χ1v) is 7.11. The van der Waals surface area contributed by atoms with Gasteiger partial charge in [0.2, 0.25) is 0 Å². The van der Waals surface area contributed by atoms with Gasteiger partial charge in [-0.25, -0.2) is 10.8 Å². The van der Waals surface area contributed by atoms with Crippen LogP contribution in [-0.2, 0) is 0 Å². The van der Waals surface area contributed by atoms with Crippen LogP contribution >= 0.6 is 0 Å². The number of rotatable bonds is 9. The van der Waals surface area contributed by atoms with E-state index in [0.29, 0.717) is 11.9 Å². The Bertz CT molecular complexity index is 351. The topological polar surface area (TPSA) is 66.2 Å². The van der Waals surface area contributed by atoms with Gasteiger partial charge < -0.3 is 15.6 Å². The van der Waals surface area contributed by atoms with E-state index in [0.717, 1.165) is 25.2 Å². The van der Waals surface area contributed by atoms with Crippen LogP contribution < -0.4 is 16.6 Å². The molecule has 1 aromatic heterocycles. The molecule has 0 bridgehead atoms. The summed E-state index contributed by atoms with van der Waals surface area (Å²) >= 11 is 0. The molecule has 1 atom stereocenters. The minimum absolute atomic E-state index is 0.448. The minimum atomic E-state index is 0.448. The molecule has 0 saturated carbocycles. The molecule has 0 radical (unpaired) electrons. The summed E-state index contributed by atoms with van der Waals surface area (Å²) in [5.74, 6) is 6.03. The first kappa shape index (κ1) is 15.7. The van der Waals surface area contributed by atoms with E-state index in [-0.39, 0.29) is 0 Å². The fourth-order valence-corrected chi connectivity index (χ4v) is 2.12. The summed E-state index contributed by atoms with van der Waals surface area (Å²) in [7, 11) is 0. The molecule has 1 unspecified atom stereocenters. The summed E-state index contributed by atoms with van der Waals surface area (Å²) in [5.41, 5.74) is 3.61. The fraction of sp³-hybridized carbons (Fsp3) is 0.643. The second kappa shape index (κ2) is 8.72. The third-order valence-electron chi connectivity index (χ3n) is 3.33. The van der Waals surface area contributed by atoms with Crippen LogP contribution in [0.25, 0.3) is 0 Å². The van der Waals surface area contributed by atoms with Gasteiger partial charge in [0.25, 0.3) is 0 Å².